The van der Waals surface area contributed by atoms with Gasteiger partial charge in [0.2, 0.25) is 0 Å². The first-order valence-corrected chi connectivity index (χ1v) is 5.07. The molecule has 0 radical (unpaired) electrons. The highest BCUT2D eigenvalue weighted by Crippen LogP contribution is 2.23. The average Bonchev–Trinajstić information content (AvgIpc) is 2.69. The number of aryl methyl sites for hydroxylation is 1. The van der Waals surface area contributed by atoms with Crippen LogP contribution in [0.3, 0.4) is 0 Å². The lowest BCUT2D eigenvalue weighted by atomic mass is 10.2. The number of aromatic nitrogens is 1. The molecule has 0 saturated carbocycles. The van der Waals surface area contributed by atoms with Crippen LogP contribution < -0.4 is 4.74 Å². The van der Waals surface area contributed by atoms with Crippen molar-refractivity contribution in [3.63, 3.8) is 0 Å². The molecule has 0 N–H and O–H groups in total. The fourth-order valence-corrected chi connectivity index (χ4v) is 1.28. The van der Waals surface area contributed by atoms with Crippen LogP contribution in [-0.4, -0.2) is 4.98 Å². The van der Waals surface area contributed by atoms with Crippen LogP contribution in [0.5, 0.6) is 11.8 Å². The largest absolute Gasteiger partial charge is 0.417 e. The molecule has 1 heterocycles. The Balaban J connectivity index is 2.18. The summed E-state index contributed by atoms with van der Waals surface area (Å²) >= 11 is 5.60. The monoisotopic (exact) mass is 223 g/mol. The van der Waals surface area contributed by atoms with Gasteiger partial charge in [0.15, 0.2) is 0 Å². The van der Waals surface area contributed by atoms with Crippen molar-refractivity contribution in [3.8, 4) is 11.8 Å². The number of hydrogen-bond acceptors (Lipinski definition) is 3. The fraction of sp³-hybridized carbons (Fsp3) is 0.182. The molecule has 0 aliphatic carbocycles. The maximum atomic E-state index is 5.60. The standard InChI is InChI=1S/C11H10ClNO2/c1-8-4-2-3-5-10(8)15-11-13-9(6-12)7-14-11/h2-5,7H,6H2,1H3. The van der Waals surface area contributed by atoms with Crippen molar-refractivity contribution in [3.05, 3.63) is 41.8 Å². The van der Waals surface area contributed by atoms with Crippen molar-refractivity contribution in [2.75, 3.05) is 0 Å². The van der Waals surface area contributed by atoms with Gasteiger partial charge in [-0.1, -0.05) is 18.2 Å². The van der Waals surface area contributed by atoms with Crippen molar-refractivity contribution in [1.82, 2.24) is 4.98 Å². The molecule has 0 spiro atoms. The van der Waals surface area contributed by atoms with E-state index in [-0.39, 0.29) is 6.08 Å². The van der Waals surface area contributed by atoms with Crippen molar-refractivity contribution >= 4 is 11.6 Å². The molecule has 15 heavy (non-hydrogen) atoms. The van der Waals surface area contributed by atoms with Crippen molar-refractivity contribution in [1.29, 1.82) is 0 Å². The molecule has 0 unspecified atom stereocenters. The Morgan fingerprint density at radius 1 is 1.40 bits per heavy atom. The summed E-state index contributed by atoms with van der Waals surface area (Å²) in [6.07, 6.45) is 1.71. The number of oxazole rings is 1. The van der Waals surface area contributed by atoms with Crippen LogP contribution in [0.4, 0.5) is 0 Å². The van der Waals surface area contributed by atoms with E-state index in [2.05, 4.69) is 4.98 Å². The lowest BCUT2D eigenvalue weighted by molar-refractivity contribution is 0.329. The first-order valence-electron chi connectivity index (χ1n) is 4.53. The zero-order valence-corrected chi connectivity index (χ0v) is 8.99. The molecule has 0 aliphatic rings. The highest BCUT2D eigenvalue weighted by atomic mass is 35.5. The van der Waals surface area contributed by atoms with Crippen LogP contribution in [0.15, 0.2) is 34.9 Å². The number of rotatable bonds is 3. The van der Waals surface area contributed by atoms with Crippen LogP contribution in [-0.2, 0) is 5.88 Å². The maximum Gasteiger partial charge on any atom is 0.399 e. The number of hydrogen-bond donors (Lipinski definition) is 0. The van der Waals surface area contributed by atoms with Crippen LogP contribution in [0.25, 0.3) is 0 Å². The molecule has 3 nitrogen and oxygen atoms in total. The Hall–Kier alpha value is -1.48. The molecule has 2 aromatic rings. The molecular weight excluding hydrogens is 214 g/mol. The molecule has 2 rings (SSSR count). The second kappa shape index (κ2) is 4.36. The second-order valence-corrected chi connectivity index (χ2v) is 3.37. The van der Waals surface area contributed by atoms with E-state index in [1.54, 1.807) is 0 Å². The Bertz CT molecular complexity index is 453. The van der Waals surface area contributed by atoms with Gasteiger partial charge in [-0.3, -0.25) is 0 Å². The Labute approximate surface area is 92.6 Å². The minimum absolute atomic E-state index is 0.222. The number of para-hydroxylation sites is 1. The summed E-state index contributed by atoms with van der Waals surface area (Å²) in [5.41, 5.74) is 1.70. The van der Waals surface area contributed by atoms with E-state index < -0.39 is 0 Å². The van der Waals surface area contributed by atoms with Crippen LogP contribution in [0.1, 0.15) is 11.3 Å². The van der Waals surface area contributed by atoms with Gasteiger partial charge in [0, 0.05) is 0 Å². The highest BCUT2D eigenvalue weighted by molar-refractivity contribution is 6.16. The number of halogens is 1. The predicted octanol–water partition coefficient (Wildman–Crippen LogP) is 3.51. The van der Waals surface area contributed by atoms with E-state index in [1.807, 2.05) is 31.2 Å². The summed E-state index contributed by atoms with van der Waals surface area (Å²) in [6.45, 7) is 1.96. The average molecular weight is 224 g/mol. The molecule has 0 bridgehead atoms. The second-order valence-electron chi connectivity index (χ2n) is 3.11. The summed E-state index contributed by atoms with van der Waals surface area (Å²) < 4.78 is 10.6. The zero-order chi connectivity index (χ0) is 10.7. The molecule has 0 fully saturated rings. The highest BCUT2D eigenvalue weighted by Gasteiger charge is 2.06. The Morgan fingerprint density at radius 3 is 2.87 bits per heavy atom. The third-order valence-corrected chi connectivity index (χ3v) is 2.23. The molecule has 0 atom stereocenters. The topological polar surface area (TPSA) is 35.3 Å². The lowest BCUT2D eigenvalue weighted by Gasteiger charge is -2.02. The predicted molar refractivity (Wildman–Crippen MR) is 57.3 cm³/mol. The molecular formula is C11H10ClNO2. The molecule has 0 aliphatic heterocycles. The fourth-order valence-electron chi connectivity index (χ4n) is 1.16. The van der Waals surface area contributed by atoms with Gasteiger partial charge < -0.3 is 9.15 Å². The van der Waals surface area contributed by atoms with Crippen LogP contribution in [0.2, 0.25) is 0 Å². The Morgan fingerprint density at radius 2 is 2.20 bits per heavy atom. The van der Waals surface area contributed by atoms with E-state index in [4.69, 9.17) is 20.8 Å². The van der Waals surface area contributed by atoms with Gasteiger partial charge in [-0.05, 0) is 18.6 Å². The van der Waals surface area contributed by atoms with Crippen molar-refractivity contribution in [2.24, 2.45) is 0 Å². The molecule has 1 aromatic heterocycles. The van der Waals surface area contributed by atoms with Gasteiger partial charge in [0.05, 0.1) is 11.6 Å². The summed E-state index contributed by atoms with van der Waals surface area (Å²) in [7, 11) is 0. The van der Waals surface area contributed by atoms with Crippen LogP contribution in [0, 0.1) is 6.92 Å². The van der Waals surface area contributed by atoms with E-state index in [9.17, 15) is 0 Å². The third-order valence-electron chi connectivity index (χ3n) is 1.96. The van der Waals surface area contributed by atoms with Gasteiger partial charge in [-0.2, -0.15) is 4.98 Å². The summed E-state index contributed by atoms with van der Waals surface area (Å²) in [5, 5.41) is 0. The van der Waals surface area contributed by atoms with Gasteiger partial charge in [-0.25, -0.2) is 0 Å². The minimum atomic E-state index is 0.222. The van der Waals surface area contributed by atoms with Crippen molar-refractivity contribution in [2.45, 2.75) is 12.8 Å². The first-order chi connectivity index (χ1) is 7.29. The van der Waals surface area contributed by atoms with Gasteiger partial charge in [0.25, 0.3) is 0 Å². The quantitative estimate of drug-likeness (QED) is 0.747. The molecule has 0 saturated heterocycles. The van der Waals surface area contributed by atoms with E-state index in [1.165, 1.54) is 6.26 Å². The number of alkyl halides is 1. The summed E-state index contributed by atoms with van der Waals surface area (Å²) in [5.74, 6) is 1.06. The minimum Gasteiger partial charge on any atom is -0.417 e. The zero-order valence-electron chi connectivity index (χ0n) is 8.24. The van der Waals surface area contributed by atoms with Crippen LogP contribution >= 0.6 is 11.6 Å². The molecule has 1 aromatic carbocycles. The summed E-state index contributed by atoms with van der Waals surface area (Å²) in [6, 6.07) is 7.66. The molecule has 0 amide bonds. The molecule has 4 heteroatoms. The maximum absolute atomic E-state index is 5.60. The van der Waals surface area contributed by atoms with E-state index in [0.717, 1.165) is 11.3 Å². The molecule has 78 valence electrons. The number of benzene rings is 1. The van der Waals surface area contributed by atoms with Crippen molar-refractivity contribution < 1.29 is 9.15 Å². The lowest BCUT2D eigenvalue weighted by Crippen LogP contribution is -1.87. The van der Waals surface area contributed by atoms with Gasteiger partial charge >= 0.3 is 6.08 Å². The Kier molecular flexibility index (Phi) is 2.92. The first kappa shape index (κ1) is 10.1. The summed E-state index contributed by atoms with van der Waals surface area (Å²) in [4.78, 5) is 4.04. The van der Waals surface area contributed by atoms with Gasteiger partial charge in [0.1, 0.15) is 12.0 Å². The number of nitrogens with zero attached hydrogens (tertiary/aromatic N) is 1. The SMILES string of the molecule is Cc1ccccc1Oc1nc(CCl)co1. The van der Waals surface area contributed by atoms with Gasteiger partial charge in [-0.15, -0.1) is 11.6 Å². The van der Waals surface area contributed by atoms with E-state index >= 15 is 0 Å². The third kappa shape index (κ3) is 2.30. The van der Waals surface area contributed by atoms with E-state index in [0.29, 0.717) is 11.6 Å². The number of ether oxygens (including phenoxy) is 1. The normalized spacial score (nSPS) is 10.3. The smallest absolute Gasteiger partial charge is 0.399 e.